The summed E-state index contributed by atoms with van der Waals surface area (Å²) >= 11 is 7.89. The van der Waals surface area contributed by atoms with Crippen LogP contribution in [0.4, 0.5) is 5.82 Å². The fraction of sp³-hybridized carbons (Fsp3) is 0.467. The molecule has 0 aliphatic carbocycles. The molecular weight excluding hydrogens is 290 g/mol. The minimum Gasteiger partial charge on any atom is -0.367 e. The van der Waals surface area contributed by atoms with Gasteiger partial charge in [-0.25, -0.2) is 9.97 Å². The second-order valence-corrected chi connectivity index (χ2v) is 7.11. The molecule has 108 valence electrons. The lowest BCUT2D eigenvalue weighted by molar-refractivity contribution is 0.757. The van der Waals surface area contributed by atoms with Crippen molar-refractivity contribution in [3.05, 3.63) is 38.9 Å². The molecule has 1 N–H and O–H groups in total. The number of halogens is 1. The molecule has 1 unspecified atom stereocenters. The van der Waals surface area contributed by atoms with Crippen molar-refractivity contribution in [1.29, 1.82) is 0 Å². The topological polar surface area (TPSA) is 37.8 Å². The molecule has 5 heteroatoms. The van der Waals surface area contributed by atoms with E-state index < -0.39 is 0 Å². The first-order valence-electron chi connectivity index (χ1n) is 6.80. The summed E-state index contributed by atoms with van der Waals surface area (Å²) in [6.07, 6.45) is 0.983. The average molecular weight is 310 g/mol. The lowest BCUT2D eigenvalue weighted by Crippen LogP contribution is -2.19. The Balaban J connectivity index is 2.05. The molecule has 2 rings (SSSR count). The molecule has 0 amide bonds. The van der Waals surface area contributed by atoms with E-state index in [1.807, 2.05) is 11.3 Å². The third kappa shape index (κ3) is 4.18. The van der Waals surface area contributed by atoms with E-state index in [0.717, 1.165) is 18.1 Å². The minimum atomic E-state index is 0.268. The van der Waals surface area contributed by atoms with Crippen molar-refractivity contribution in [2.45, 2.75) is 46.1 Å². The maximum absolute atomic E-state index is 6.05. The van der Waals surface area contributed by atoms with Gasteiger partial charge >= 0.3 is 0 Å². The Bertz CT molecular complexity index is 580. The number of hydrogen-bond acceptors (Lipinski definition) is 4. The summed E-state index contributed by atoms with van der Waals surface area (Å²) in [6, 6.07) is 6.43. The normalized spacial score (nSPS) is 12.7. The predicted molar refractivity (Wildman–Crippen MR) is 87.0 cm³/mol. The first-order chi connectivity index (χ1) is 9.44. The lowest BCUT2D eigenvalue weighted by atomic mass is 10.2. The minimum absolute atomic E-state index is 0.268. The summed E-state index contributed by atoms with van der Waals surface area (Å²) in [4.78, 5) is 11.5. The second-order valence-electron chi connectivity index (χ2n) is 5.35. The Labute approximate surface area is 129 Å². The van der Waals surface area contributed by atoms with Crippen LogP contribution >= 0.6 is 22.9 Å². The van der Waals surface area contributed by atoms with Gasteiger partial charge in [0.15, 0.2) is 0 Å². The highest BCUT2D eigenvalue weighted by molar-refractivity contribution is 7.11. The van der Waals surface area contributed by atoms with Crippen LogP contribution in [-0.2, 0) is 6.42 Å². The van der Waals surface area contributed by atoms with Gasteiger partial charge < -0.3 is 5.32 Å². The van der Waals surface area contributed by atoms with Gasteiger partial charge in [-0.3, -0.25) is 0 Å². The van der Waals surface area contributed by atoms with E-state index in [9.17, 15) is 0 Å². The Morgan fingerprint density at radius 1 is 1.25 bits per heavy atom. The van der Waals surface area contributed by atoms with E-state index in [1.54, 1.807) is 6.07 Å². The third-order valence-electron chi connectivity index (χ3n) is 2.93. The summed E-state index contributed by atoms with van der Waals surface area (Å²) in [5.74, 6) is 1.85. The fourth-order valence-electron chi connectivity index (χ4n) is 1.97. The number of anilines is 1. The maximum atomic E-state index is 6.05. The lowest BCUT2D eigenvalue weighted by Gasteiger charge is -2.15. The summed E-state index contributed by atoms with van der Waals surface area (Å²) in [6.45, 7) is 8.41. The molecule has 1 atom stereocenters. The van der Waals surface area contributed by atoms with Crippen molar-refractivity contribution in [1.82, 2.24) is 9.97 Å². The van der Waals surface area contributed by atoms with Gasteiger partial charge in [0.2, 0.25) is 0 Å². The van der Waals surface area contributed by atoms with Gasteiger partial charge in [0.25, 0.3) is 0 Å². The van der Waals surface area contributed by atoms with Crippen LogP contribution in [0.3, 0.4) is 0 Å². The van der Waals surface area contributed by atoms with Gasteiger partial charge in [0.1, 0.15) is 16.8 Å². The van der Waals surface area contributed by atoms with Gasteiger partial charge in [0.05, 0.1) is 0 Å². The molecule has 0 bridgehead atoms. The van der Waals surface area contributed by atoms with E-state index in [1.165, 1.54) is 9.75 Å². The molecular formula is C15H20ClN3S. The molecule has 0 spiro atoms. The average Bonchev–Trinajstić information content (AvgIpc) is 2.73. The van der Waals surface area contributed by atoms with Gasteiger partial charge in [-0.2, -0.15) is 0 Å². The summed E-state index contributed by atoms with van der Waals surface area (Å²) in [7, 11) is 0. The third-order valence-corrected chi connectivity index (χ3v) is 4.14. The van der Waals surface area contributed by atoms with E-state index in [-0.39, 0.29) is 5.92 Å². The van der Waals surface area contributed by atoms with E-state index in [0.29, 0.717) is 11.2 Å². The highest BCUT2D eigenvalue weighted by Crippen LogP contribution is 2.20. The van der Waals surface area contributed by atoms with Crippen LogP contribution < -0.4 is 5.32 Å². The first-order valence-corrected chi connectivity index (χ1v) is 8.00. The predicted octanol–water partition coefficient (Wildman–Crippen LogP) is 4.67. The molecule has 20 heavy (non-hydrogen) atoms. The molecule has 0 saturated carbocycles. The fourth-order valence-corrected chi connectivity index (χ4v) is 3.18. The summed E-state index contributed by atoms with van der Waals surface area (Å²) < 4.78 is 0. The number of aryl methyl sites for hydroxylation is 1. The molecule has 0 aliphatic heterocycles. The van der Waals surface area contributed by atoms with Crippen molar-refractivity contribution in [2.24, 2.45) is 0 Å². The molecule has 2 aromatic heterocycles. The van der Waals surface area contributed by atoms with Crippen LogP contribution in [0.15, 0.2) is 18.2 Å². The molecule has 0 saturated heterocycles. The molecule has 0 aliphatic rings. The van der Waals surface area contributed by atoms with Crippen LogP contribution in [0.25, 0.3) is 0 Å². The first kappa shape index (κ1) is 15.3. The standard InChI is InChI=1S/C15H20ClN3S/c1-9(2)15-18-13(16)8-14(19-15)17-10(3)7-12-6-5-11(4)20-12/h5-6,8-10H,7H2,1-4H3,(H,17,18,19). The van der Waals surface area contributed by atoms with Gasteiger partial charge in [-0.05, 0) is 26.0 Å². The van der Waals surface area contributed by atoms with Crippen molar-refractivity contribution < 1.29 is 0 Å². The van der Waals surface area contributed by atoms with Gasteiger partial charge in [-0.1, -0.05) is 25.4 Å². The van der Waals surface area contributed by atoms with Gasteiger partial charge in [0, 0.05) is 34.2 Å². The highest BCUT2D eigenvalue weighted by Gasteiger charge is 2.10. The van der Waals surface area contributed by atoms with Crippen LogP contribution in [0.5, 0.6) is 0 Å². The molecule has 0 fully saturated rings. The zero-order valence-corrected chi connectivity index (χ0v) is 13.8. The Kier molecular flexibility index (Phi) is 5.00. The van der Waals surface area contributed by atoms with Gasteiger partial charge in [-0.15, -0.1) is 11.3 Å². The largest absolute Gasteiger partial charge is 0.367 e. The van der Waals surface area contributed by atoms with Crippen LogP contribution in [0, 0.1) is 6.92 Å². The molecule has 0 aromatic carbocycles. The number of nitrogens with zero attached hydrogens (tertiary/aromatic N) is 2. The number of nitrogens with one attached hydrogen (secondary N) is 1. The van der Waals surface area contributed by atoms with Crippen molar-refractivity contribution in [3.8, 4) is 0 Å². The van der Waals surface area contributed by atoms with E-state index >= 15 is 0 Å². The van der Waals surface area contributed by atoms with E-state index in [2.05, 4.69) is 55.1 Å². The van der Waals surface area contributed by atoms with E-state index in [4.69, 9.17) is 11.6 Å². The Hall–Kier alpha value is -1.13. The molecule has 0 radical (unpaired) electrons. The Morgan fingerprint density at radius 3 is 2.60 bits per heavy atom. The van der Waals surface area contributed by atoms with Crippen LogP contribution in [-0.4, -0.2) is 16.0 Å². The number of hydrogen-bond donors (Lipinski definition) is 1. The van der Waals surface area contributed by atoms with Crippen molar-refractivity contribution in [2.75, 3.05) is 5.32 Å². The quantitative estimate of drug-likeness (QED) is 0.816. The number of aromatic nitrogens is 2. The van der Waals surface area contributed by atoms with Crippen molar-refractivity contribution in [3.63, 3.8) is 0 Å². The molecule has 2 heterocycles. The molecule has 2 aromatic rings. The van der Waals surface area contributed by atoms with Crippen LogP contribution in [0.2, 0.25) is 5.15 Å². The highest BCUT2D eigenvalue weighted by atomic mass is 35.5. The summed E-state index contributed by atoms with van der Waals surface area (Å²) in [5.41, 5.74) is 0. The monoisotopic (exact) mass is 309 g/mol. The van der Waals surface area contributed by atoms with Crippen LogP contribution in [0.1, 0.15) is 42.3 Å². The molecule has 3 nitrogen and oxygen atoms in total. The smallest absolute Gasteiger partial charge is 0.135 e. The Morgan fingerprint density at radius 2 is 2.00 bits per heavy atom. The second kappa shape index (κ2) is 6.55. The van der Waals surface area contributed by atoms with Crippen molar-refractivity contribution >= 4 is 28.8 Å². The zero-order chi connectivity index (χ0) is 14.7. The SMILES string of the molecule is Cc1ccc(CC(C)Nc2cc(Cl)nc(C(C)C)n2)s1. The maximum Gasteiger partial charge on any atom is 0.135 e. The zero-order valence-electron chi connectivity index (χ0n) is 12.3. The summed E-state index contributed by atoms with van der Waals surface area (Å²) in [5, 5.41) is 3.90. The number of rotatable bonds is 5. The number of thiophene rings is 1.